The van der Waals surface area contributed by atoms with Gasteiger partial charge in [0, 0.05) is 11.6 Å². The van der Waals surface area contributed by atoms with Gasteiger partial charge in [0.25, 0.3) is 0 Å². The van der Waals surface area contributed by atoms with E-state index in [4.69, 9.17) is 9.47 Å². The number of esters is 1. The minimum atomic E-state index is -0.844. The van der Waals surface area contributed by atoms with Gasteiger partial charge < -0.3 is 9.47 Å². The zero-order valence-corrected chi connectivity index (χ0v) is 22.8. The number of ether oxygens (including phenoxy) is 2. The molecule has 0 saturated heterocycles. The molecule has 0 radical (unpaired) electrons. The van der Waals surface area contributed by atoms with E-state index in [-0.39, 0.29) is 28.9 Å². The van der Waals surface area contributed by atoms with Crippen LogP contribution in [0.4, 0.5) is 13.2 Å². The second-order valence-electron chi connectivity index (χ2n) is 10.5. The molecule has 0 amide bonds. The molecule has 1 fully saturated rings. The first-order valence-corrected chi connectivity index (χ1v) is 14.1. The highest BCUT2D eigenvalue weighted by Crippen LogP contribution is 2.39. The van der Waals surface area contributed by atoms with Crippen LogP contribution in [0, 0.1) is 30.3 Å². The molecule has 0 N–H and O–H groups in total. The van der Waals surface area contributed by atoms with E-state index in [1.807, 2.05) is 19.1 Å². The van der Waals surface area contributed by atoms with Gasteiger partial charge in [0.05, 0.1) is 12.5 Å². The summed E-state index contributed by atoms with van der Waals surface area (Å²) in [7, 11) is 0. The molecular formula is C33H37F3O3. The summed E-state index contributed by atoms with van der Waals surface area (Å²) in [6, 6.07) is 14.8. The van der Waals surface area contributed by atoms with Gasteiger partial charge in [0.1, 0.15) is 5.75 Å². The third-order valence-electron chi connectivity index (χ3n) is 7.60. The lowest BCUT2D eigenvalue weighted by molar-refractivity contribution is -0.140. The van der Waals surface area contributed by atoms with E-state index < -0.39 is 23.4 Å². The largest absolute Gasteiger partial charge is 0.491 e. The van der Waals surface area contributed by atoms with E-state index in [1.165, 1.54) is 31.0 Å². The number of unbranched alkanes of at least 4 members (excludes halogenated alkanes) is 4. The summed E-state index contributed by atoms with van der Waals surface area (Å²) in [6.45, 7) is 4.54. The van der Waals surface area contributed by atoms with Crippen LogP contribution in [0.5, 0.6) is 11.5 Å². The highest BCUT2D eigenvalue weighted by Gasteiger charge is 2.31. The van der Waals surface area contributed by atoms with E-state index in [0.29, 0.717) is 43.4 Å². The highest BCUT2D eigenvalue weighted by atomic mass is 19.2. The van der Waals surface area contributed by atoms with Crippen LogP contribution >= 0.6 is 0 Å². The summed E-state index contributed by atoms with van der Waals surface area (Å²) >= 11 is 0. The summed E-state index contributed by atoms with van der Waals surface area (Å²) in [5.41, 5.74) is 2.27. The maximum Gasteiger partial charge on any atom is 0.314 e. The quantitative estimate of drug-likeness (QED) is 0.139. The van der Waals surface area contributed by atoms with E-state index in [9.17, 15) is 13.6 Å². The van der Waals surface area contributed by atoms with Gasteiger partial charge in [-0.2, -0.15) is 0 Å². The Kier molecular flexibility index (Phi) is 10.1. The number of carbonyl (C=O) groups is 1. The first-order chi connectivity index (χ1) is 18.9. The van der Waals surface area contributed by atoms with Crippen molar-refractivity contribution in [3.63, 3.8) is 0 Å². The van der Waals surface area contributed by atoms with Crippen LogP contribution < -0.4 is 9.47 Å². The van der Waals surface area contributed by atoms with Crippen molar-refractivity contribution in [3.05, 3.63) is 83.2 Å². The predicted molar refractivity (Wildman–Crippen MR) is 148 cm³/mol. The number of benzene rings is 3. The normalized spacial score (nSPS) is 17.2. The minimum absolute atomic E-state index is 0.134. The molecule has 0 bridgehead atoms. The number of hydrogen-bond acceptors (Lipinski definition) is 3. The molecule has 6 heteroatoms. The van der Waals surface area contributed by atoms with Crippen LogP contribution in [0.2, 0.25) is 0 Å². The molecule has 3 aromatic rings. The van der Waals surface area contributed by atoms with Gasteiger partial charge in [0.15, 0.2) is 23.2 Å². The molecule has 1 aliphatic carbocycles. The van der Waals surface area contributed by atoms with Gasteiger partial charge in [-0.15, -0.1) is 0 Å². The Morgan fingerprint density at radius 1 is 0.846 bits per heavy atom. The van der Waals surface area contributed by atoms with Gasteiger partial charge in [-0.1, -0.05) is 74.6 Å². The average Bonchev–Trinajstić information content (AvgIpc) is 2.94. The lowest BCUT2D eigenvalue weighted by atomic mass is 9.78. The molecule has 0 aliphatic heterocycles. The molecule has 0 atom stereocenters. The van der Waals surface area contributed by atoms with Crippen LogP contribution in [0.25, 0.3) is 11.1 Å². The maximum absolute atomic E-state index is 15.1. The fourth-order valence-corrected chi connectivity index (χ4v) is 5.23. The summed E-state index contributed by atoms with van der Waals surface area (Å²) in [5, 5.41) is 0. The molecule has 208 valence electrons. The summed E-state index contributed by atoms with van der Waals surface area (Å²) in [4.78, 5) is 12.7. The Balaban J connectivity index is 1.29. The van der Waals surface area contributed by atoms with E-state index in [1.54, 1.807) is 24.3 Å². The summed E-state index contributed by atoms with van der Waals surface area (Å²) in [6.07, 6.45) is 7.48. The van der Waals surface area contributed by atoms with E-state index >= 15 is 4.39 Å². The van der Waals surface area contributed by atoms with Crippen molar-refractivity contribution >= 4 is 5.97 Å². The predicted octanol–water partition coefficient (Wildman–Crippen LogP) is 9.31. The Bertz CT molecular complexity index is 1250. The third kappa shape index (κ3) is 7.43. The van der Waals surface area contributed by atoms with E-state index in [0.717, 1.165) is 24.8 Å². The van der Waals surface area contributed by atoms with Gasteiger partial charge in [0.2, 0.25) is 0 Å². The maximum atomic E-state index is 15.1. The molecular weight excluding hydrogens is 501 g/mol. The standard InChI is InChI=1S/C33H37F3O3/c1-3-4-5-6-7-20-38-30-19-16-26(21-29(30)34)39-33(37)25-14-12-24(13-15-25)28-18-17-27(31(35)32(28)36)23-10-8-22(2)9-11-23/h8-11,16-19,21,24-25H,3-7,12-15,20H2,1-2H3. The Labute approximate surface area is 229 Å². The van der Waals surface area contributed by atoms with Crippen molar-refractivity contribution in [1.29, 1.82) is 0 Å². The Morgan fingerprint density at radius 3 is 2.26 bits per heavy atom. The molecule has 4 rings (SSSR count). The molecule has 1 saturated carbocycles. The minimum Gasteiger partial charge on any atom is -0.491 e. The number of rotatable bonds is 11. The van der Waals surface area contributed by atoms with Gasteiger partial charge in [-0.25, -0.2) is 13.2 Å². The fourth-order valence-electron chi connectivity index (χ4n) is 5.23. The van der Waals surface area contributed by atoms with Crippen molar-refractivity contribution in [1.82, 2.24) is 0 Å². The van der Waals surface area contributed by atoms with Crippen LogP contribution in [0.3, 0.4) is 0 Å². The first-order valence-electron chi connectivity index (χ1n) is 14.1. The monoisotopic (exact) mass is 538 g/mol. The van der Waals surface area contributed by atoms with Crippen LogP contribution in [0.1, 0.15) is 81.8 Å². The molecule has 39 heavy (non-hydrogen) atoms. The number of halogens is 3. The number of aryl methyl sites for hydroxylation is 1. The molecule has 0 unspecified atom stereocenters. The average molecular weight is 539 g/mol. The molecule has 1 aliphatic rings. The summed E-state index contributed by atoms with van der Waals surface area (Å²) < 4.78 is 55.4. The third-order valence-corrected chi connectivity index (χ3v) is 7.60. The Morgan fingerprint density at radius 2 is 1.56 bits per heavy atom. The van der Waals surface area contributed by atoms with Crippen molar-refractivity contribution in [2.24, 2.45) is 5.92 Å². The van der Waals surface area contributed by atoms with Crippen molar-refractivity contribution < 1.29 is 27.4 Å². The van der Waals surface area contributed by atoms with Crippen molar-refractivity contribution in [3.8, 4) is 22.6 Å². The van der Waals surface area contributed by atoms with Crippen molar-refractivity contribution in [2.75, 3.05) is 6.61 Å². The van der Waals surface area contributed by atoms with E-state index in [2.05, 4.69) is 6.92 Å². The SMILES string of the molecule is CCCCCCCOc1ccc(OC(=O)C2CCC(c3ccc(-c4ccc(C)cc4)c(F)c3F)CC2)cc1F. The lowest BCUT2D eigenvalue weighted by Gasteiger charge is -2.28. The molecule has 0 spiro atoms. The number of carbonyl (C=O) groups excluding carboxylic acids is 1. The molecule has 0 aromatic heterocycles. The molecule has 0 heterocycles. The first kappa shape index (κ1) is 28.7. The lowest BCUT2D eigenvalue weighted by Crippen LogP contribution is -2.25. The zero-order chi connectivity index (χ0) is 27.8. The van der Waals surface area contributed by atoms with Crippen molar-refractivity contribution in [2.45, 2.75) is 77.6 Å². The van der Waals surface area contributed by atoms with Crippen LogP contribution in [0.15, 0.2) is 54.6 Å². The topological polar surface area (TPSA) is 35.5 Å². The Hall–Kier alpha value is -3.28. The molecule has 3 nitrogen and oxygen atoms in total. The second kappa shape index (κ2) is 13.7. The van der Waals surface area contributed by atoms with Gasteiger partial charge in [-0.05, 0) is 68.2 Å². The summed E-state index contributed by atoms with van der Waals surface area (Å²) in [5.74, 6) is -2.93. The van der Waals surface area contributed by atoms with Gasteiger partial charge >= 0.3 is 5.97 Å². The second-order valence-corrected chi connectivity index (χ2v) is 10.5. The van der Waals surface area contributed by atoms with Gasteiger partial charge in [-0.3, -0.25) is 4.79 Å². The fraction of sp³-hybridized carbons (Fsp3) is 0.424. The van der Waals surface area contributed by atoms with Crippen LogP contribution in [-0.2, 0) is 4.79 Å². The van der Waals surface area contributed by atoms with Crippen LogP contribution in [-0.4, -0.2) is 12.6 Å². The zero-order valence-electron chi connectivity index (χ0n) is 22.8. The smallest absolute Gasteiger partial charge is 0.314 e. The number of hydrogen-bond donors (Lipinski definition) is 0. The molecule has 3 aromatic carbocycles. The highest BCUT2D eigenvalue weighted by molar-refractivity contribution is 5.75.